The number of anilines is 2. The average Bonchev–Trinajstić information content (AvgIpc) is 3.08. The van der Waals surface area contributed by atoms with E-state index in [1.165, 1.54) is 0 Å². The molecule has 7 nitrogen and oxygen atoms in total. The number of fused-ring (bicyclic) bond motifs is 1. The number of pyridine rings is 1. The zero-order valence-electron chi connectivity index (χ0n) is 16.4. The summed E-state index contributed by atoms with van der Waals surface area (Å²) in [6.45, 7) is 11.3. The second-order valence-corrected chi connectivity index (χ2v) is 6.61. The van der Waals surface area contributed by atoms with Gasteiger partial charge < -0.3 is 15.5 Å². The Balaban J connectivity index is 1.69. The molecule has 3 heterocycles. The van der Waals surface area contributed by atoms with Crippen molar-refractivity contribution in [1.29, 1.82) is 0 Å². The third-order valence-corrected chi connectivity index (χ3v) is 4.70. The van der Waals surface area contributed by atoms with Crippen molar-refractivity contribution in [3.63, 3.8) is 0 Å². The van der Waals surface area contributed by atoms with Crippen molar-refractivity contribution < 1.29 is 0 Å². The van der Waals surface area contributed by atoms with E-state index in [1.807, 2.05) is 36.0 Å². The van der Waals surface area contributed by atoms with Crippen LogP contribution in [-0.2, 0) is 6.54 Å². The van der Waals surface area contributed by atoms with Gasteiger partial charge in [0.1, 0.15) is 11.6 Å². The molecule has 3 rings (SSSR count). The molecular formula is C20H29N7. The molecule has 0 aliphatic rings. The molecule has 0 saturated carbocycles. The highest BCUT2D eigenvalue weighted by atomic mass is 15.3. The third kappa shape index (κ3) is 4.95. The molecule has 0 saturated heterocycles. The van der Waals surface area contributed by atoms with Crippen molar-refractivity contribution in [1.82, 2.24) is 24.5 Å². The van der Waals surface area contributed by atoms with Gasteiger partial charge in [0.05, 0.1) is 6.20 Å². The summed E-state index contributed by atoms with van der Waals surface area (Å²) in [4.78, 5) is 11.3. The van der Waals surface area contributed by atoms with Gasteiger partial charge >= 0.3 is 0 Å². The van der Waals surface area contributed by atoms with E-state index in [2.05, 4.69) is 45.5 Å². The maximum Gasteiger partial charge on any atom is 0.162 e. The zero-order chi connectivity index (χ0) is 19.1. The van der Waals surface area contributed by atoms with Crippen LogP contribution in [0.5, 0.6) is 0 Å². The molecule has 0 spiro atoms. The van der Waals surface area contributed by atoms with Crippen molar-refractivity contribution in [2.75, 3.05) is 36.8 Å². The number of aromatic nitrogens is 4. The van der Waals surface area contributed by atoms with Crippen molar-refractivity contribution in [3.05, 3.63) is 47.9 Å². The molecule has 0 fully saturated rings. The van der Waals surface area contributed by atoms with Crippen LogP contribution in [0.1, 0.15) is 31.4 Å². The lowest BCUT2D eigenvalue weighted by Gasteiger charge is -2.18. The summed E-state index contributed by atoms with van der Waals surface area (Å²) < 4.78 is 1.85. The Hall–Kier alpha value is -2.67. The van der Waals surface area contributed by atoms with Gasteiger partial charge in [-0.05, 0) is 44.6 Å². The molecule has 27 heavy (non-hydrogen) atoms. The molecule has 0 amide bonds. The summed E-state index contributed by atoms with van der Waals surface area (Å²) in [5, 5.41) is 11.4. The summed E-state index contributed by atoms with van der Waals surface area (Å²) in [6, 6.07) is 6.02. The van der Waals surface area contributed by atoms with Crippen LogP contribution in [0.25, 0.3) is 5.65 Å². The van der Waals surface area contributed by atoms with Gasteiger partial charge in [0.15, 0.2) is 5.65 Å². The van der Waals surface area contributed by atoms with Crippen LogP contribution in [0.15, 0.2) is 36.8 Å². The van der Waals surface area contributed by atoms with Crippen molar-refractivity contribution in [2.45, 2.75) is 33.7 Å². The lowest BCUT2D eigenvalue weighted by Crippen LogP contribution is -2.25. The predicted molar refractivity (Wildman–Crippen MR) is 110 cm³/mol. The first-order valence-electron chi connectivity index (χ1n) is 9.65. The Kier molecular flexibility index (Phi) is 6.59. The van der Waals surface area contributed by atoms with Gasteiger partial charge in [0.2, 0.25) is 0 Å². The van der Waals surface area contributed by atoms with Gasteiger partial charge in [-0.3, -0.25) is 4.98 Å². The van der Waals surface area contributed by atoms with Crippen molar-refractivity contribution in [3.8, 4) is 0 Å². The van der Waals surface area contributed by atoms with Crippen molar-refractivity contribution in [2.24, 2.45) is 0 Å². The van der Waals surface area contributed by atoms with Gasteiger partial charge in [-0.2, -0.15) is 9.61 Å². The third-order valence-electron chi connectivity index (χ3n) is 4.70. The molecule has 3 aromatic rings. The largest absolute Gasteiger partial charge is 0.370 e. The summed E-state index contributed by atoms with van der Waals surface area (Å²) >= 11 is 0. The van der Waals surface area contributed by atoms with Crippen LogP contribution in [-0.4, -0.2) is 50.7 Å². The second-order valence-electron chi connectivity index (χ2n) is 6.61. The summed E-state index contributed by atoms with van der Waals surface area (Å²) in [6.07, 6.45) is 6.59. The monoisotopic (exact) mass is 367 g/mol. The van der Waals surface area contributed by atoms with Gasteiger partial charge in [-0.25, -0.2) is 4.98 Å². The van der Waals surface area contributed by atoms with Crippen LogP contribution in [0.3, 0.4) is 0 Å². The molecule has 0 radical (unpaired) electrons. The highest BCUT2D eigenvalue weighted by molar-refractivity contribution is 5.59. The van der Waals surface area contributed by atoms with Gasteiger partial charge in [-0.15, -0.1) is 0 Å². The topological polar surface area (TPSA) is 70.4 Å². The highest BCUT2D eigenvalue weighted by Crippen LogP contribution is 2.19. The van der Waals surface area contributed by atoms with E-state index in [1.54, 1.807) is 6.20 Å². The lowest BCUT2D eigenvalue weighted by molar-refractivity contribution is 0.303. The van der Waals surface area contributed by atoms with E-state index in [4.69, 9.17) is 4.98 Å². The first kappa shape index (κ1) is 19.1. The molecule has 3 aromatic heterocycles. The summed E-state index contributed by atoms with van der Waals surface area (Å²) in [5.41, 5.74) is 3.06. The fraction of sp³-hybridized carbons (Fsp3) is 0.450. The minimum Gasteiger partial charge on any atom is -0.370 e. The van der Waals surface area contributed by atoms with Crippen LogP contribution >= 0.6 is 0 Å². The quantitative estimate of drug-likeness (QED) is 0.536. The lowest BCUT2D eigenvalue weighted by atomic mass is 10.3. The van der Waals surface area contributed by atoms with E-state index >= 15 is 0 Å². The number of nitrogens with zero attached hydrogens (tertiary/aromatic N) is 5. The first-order valence-corrected chi connectivity index (χ1v) is 9.65. The normalized spacial score (nSPS) is 11.3. The van der Waals surface area contributed by atoms with Gasteiger partial charge in [0.25, 0.3) is 0 Å². The first-order chi connectivity index (χ1) is 13.2. The summed E-state index contributed by atoms with van der Waals surface area (Å²) in [5.74, 6) is 1.79. The standard InChI is InChI=1S/C20H29N7/c1-4-26(5-2)11-7-10-22-18-12-19(23-15-17-8-6-9-21-14-17)27-20(25-18)16(3)13-24-27/h6,8-9,12-14,23H,4-5,7,10-11,15H2,1-3H3,(H,22,25). The zero-order valence-corrected chi connectivity index (χ0v) is 16.4. The maximum atomic E-state index is 4.73. The molecule has 0 bridgehead atoms. The van der Waals surface area contributed by atoms with Crippen molar-refractivity contribution >= 4 is 17.3 Å². The van der Waals surface area contributed by atoms with Crippen LogP contribution in [0.4, 0.5) is 11.6 Å². The van der Waals surface area contributed by atoms with Crippen LogP contribution in [0.2, 0.25) is 0 Å². The molecule has 0 aliphatic carbocycles. The SMILES string of the molecule is CCN(CC)CCCNc1cc(NCc2cccnc2)n2ncc(C)c2n1. The van der Waals surface area contributed by atoms with E-state index in [9.17, 15) is 0 Å². The maximum absolute atomic E-state index is 4.73. The molecule has 0 aliphatic heterocycles. The predicted octanol–water partition coefficient (Wildman–Crippen LogP) is 3.19. The Morgan fingerprint density at radius 3 is 2.74 bits per heavy atom. The smallest absolute Gasteiger partial charge is 0.162 e. The average molecular weight is 368 g/mol. The molecule has 7 heteroatoms. The fourth-order valence-corrected chi connectivity index (χ4v) is 3.04. The highest BCUT2D eigenvalue weighted by Gasteiger charge is 2.09. The molecule has 2 N–H and O–H groups in total. The Morgan fingerprint density at radius 1 is 1.15 bits per heavy atom. The number of nitrogens with one attached hydrogen (secondary N) is 2. The molecule has 0 atom stereocenters. The van der Waals surface area contributed by atoms with E-state index < -0.39 is 0 Å². The number of aryl methyl sites for hydroxylation is 1. The molecule has 144 valence electrons. The minimum absolute atomic E-state index is 0.688. The molecule has 0 unspecified atom stereocenters. The number of hydrogen-bond acceptors (Lipinski definition) is 6. The Morgan fingerprint density at radius 2 is 2.00 bits per heavy atom. The minimum atomic E-state index is 0.688. The van der Waals surface area contributed by atoms with E-state index in [0.29, 0.717) is 6.54 Å². The number of rotatable bonds is 10. The molecular weight excluding hydrogens is 338 g/mol. The number of hydrogen-bond donors (Lipinski definition) is 2. The molecule has 0 aromatic carbocycles. The van der Waals surface area contributed by atoms with Crippen LogP contribution in [0, 0.1) is 6.92 Å². The van der Waals surface area contributed by atoms with Crippen LogP contribution < -0.4 is 10.6 Å². The fourth-order valence-electron chi connectivity index (χ4n) is 3.04. The van der Waals surface area contributed by atoms with Gasteiger partial charge in [-0.1, -0.05) is 19.9 Å². The Bertz CT molecular complexity index is 840. The Labute approximate surface area is 160 Å². The van der Waals surface area contributed by atoms with Gasteiger partial charge in [0, 0.05) is 37.1 Å². The summed E-state index contributed by atoms with van der Waals surface area (Å²) in [7, 11) is 0. The second kappa shape index (κ2) is 9.32. The van der Waals surface area contributed by atoms with E-state index in [0.717, 1.165) is 61.0 Å². The van der Waals surface area contributed by atoms with E-state index in [-0.39, 0.29) is 0 Å².